The molecule has 7 heteroatoms. The van der Waals surface area contributed by atoms with E-state index in [2.05, 4.69) is 10.6 Å². The maximum absolute atomic E-state index is 14.1. The normalized spacial score (nSPS) is 13.1. The summed E-state index contributed by atoms with van der Waals surface area (Å²) in [5.41, 5.74) is 1.31. The zero-order chi connectivity index (χ0) is 17.8. The molecule has 0 aromatic heterocycles. The second kappa shape index (κ2) is 7.29. The van der Waals surface area contributed by atoms with Crippen LogP contribution in [0.1, 0.15) is 12.0 Å². The molecule has 2 aromatic rings. The van der Waals surface area contributed by atoms with Crippen LogP contribution in [0.25, 0.3) is 0 Å². The molecule has 1 aliphatic heterocycles. The lowest BCUT2D eigenvalue weighted by Gasteiger charge is -2.31. The van der Waals surface area contributed by atoms with Gasteiger partial charge in [-0.25, -0.2) is 13.6 Å². The summed E-state index contributed by atoms with van der Waals surface area (Å²) in [6.07, 6.45) is 1.23. The molecule has 5 nitrogen and oxygen atoms in total. The van der Waals surface area contributed by atoms with Crippen LogP contribution in [0.5, 0.6) is 0 Å². The summed E-state index contributed by atoms with van der Waals surface area (Å²) in [5, 5.41) is 4.75. The van der Waals surface area contributed by atoms with Gasteiger partial charge in [0.05, 0.1) is 12.2 Å². The Kier molecular flexibility index (Phi) is 4.92. The van der Waals surface area contributed by atoms with Crippen molar-refractivity contribution in [3.05, 3.63) is 59.7 Å². The van der Waals surface area contributed by atoms with Gasteiger partial charge in [-0.05, 0) is 36.6 Å². The summed E-state index contributed by atoms with van der Waals surface area (Å²) >= 11 is 0. The van der Waals surface area contributed by atoms with Crippen LogP contribution in [-0.4, -0.2) is 25.0 Å². The van der Waals surface area contributed by atoms with Crippen molar-refractivity contribution in [2.45, 2.75) is 12.8 Å². The first kappa shape index (κ1) is 16.9. The fraction of sp³-hybridized carbons (Fsp3) is 0.222. The molecule has 0 bridgehead atoms. The molecule has 1 heterocycles. The highest BCUT2D eigenvalue weighted by atomic mass is 19.1. The molecule has 0 unspecified atom stereocenters. The van der Waals surface area contributed by atoms with Crippen LogP contribution in [0.4, 0.5) is 25.0 Å². The first-order valence-electron chi connectivity index (χ1n) is 7.91. The lowest BCUT2D eigenvalue weighted by molar-refractivity contribution is -0.118. The number of nitrogens with zero attached hydrogens (tertiary/aromatic N) is 1. The number of benzene rings is 2. The summed E-state index contributed by atoms with van der Waals surface area (Å²) in [4.78, 5) is 25.5. The highest BCUT2D eigenvalue weighted by molar-refractivity contribution is 6.02. The first-order chi connectivity index (χ1) is 12.0. The van der Waals surface area contributed by atoms with Gasteiger partial charge in [-0.15, -0.1) is 0 Å². The summed E-state index contributed by atoms with van der Waals surface area (Å²) in [5.74, 6) is -1.90. The average molecular weight is 345 g/mol. The smallest absolute Gasteiger partial charge is 0.325 e. The van der Waals surface area contributed by atoms with E-state index < -0.39 is 23.6 Å². The minimum absolute atomic E-state index is 0.183. The number of imide groups is 1. The molecule has 2 aromatic carbocycles. The van der Waals surface area contributed by atoms with Crippen molar-refractivity contribution in [3.8, 4) is 0 Å². The zero-order valence-electron chi connectivity index (χ0n) is 13.4. The van der Waals surface area contributed by atoms with Gasteiger partial charge in [0, 0.05) is 18.3 Å². The Balaban J connectivity index is 1.63. The standard InChI is InChI=1S/C18H17F2N3O2/c19-13-9-12-5-4-8-23(17(12)15(20)10-13)11-16(24)22-18(25)21-14-6-2-1-3-7-14/h1-3,6-7,9-10H,4-5,8,11H2,(H2,21,22,24,25). The lowest BCUT2D eigenvalue weighted by atomic mass is 10.0. The predicted octanol–water partition coefficient (Wildman–Crippen LogP) is 3.07. The third kappa shape index (κ3) is 4.12. The van der Waals surface area contributed by atoms with Crippen molar-refractivity contribution in [3.63, 3.8) is 0 Å². The Bertz CT molecular complexity index is 796. The molecule has 0 atom stereocenters. The van der Waals surface area contributed by atoms with Crippen LogP contribution in [-0.2, 0) is 11.2 Å². The van der Waals surface area contributed by atoms with E-state index in [1.165, 1.54) is 11.0 Å². The lowest BCUT2D eigenvalue weighted by Crippen LogP contribution is -2.43. The zero-order valence-corrected chi connectivity index (χ0v) is 13.4. The van der Waals surface area contributed by atoms with E-state index in [-0.39, 0.29) is 12.2 Å². The summed E-state index contributed by atoms with van der Waals surface area (Å²) < 4.78 is 27.4. The monoisotopic (exact) mass is 345 g/mol. The van der Waals surface area contributed by atoms with E-state index in [1.807, 2.05) is 0 Å². The number of anilines is 2. The highest BCUT2D eigenvalue weighted by Gasteiger charge is 2.24. The minimum atomic E-state index is -0.698. The summed E-state index contributed by atoms with van der Waals surface area (Å²) in [6.45, 7) is 0.279. The number of fused-ring (bicyclic) bond motifs is 1. The number of rotatable bonds is 3. The number of hydrogen-bond donors (Lipinski definition) is 2. The molecule has 0 saturated carbocycles. The van der Waals surface area contributed by atoms with Crippen molar-refractivity contribution in [1.29, 1.82) is 0 Å². The van der Waals surface area contributed by atoms with Gasteiger partial charge in [-0.3, -0.25) is 10.1 Å². The van der Waals surface area contributed by atoms with Gasteiger partial charge >= 0.3 is 6.03 Å². The summed E-state index contributed by atoms with van der Waals surface area (Å²) in [7, 11) is 0. The highest BCUT2D eigenvalue weighted by Crippen LogP contribution is 2.30. The molecular formula is C18H17F2N3O2. The number of urea groups is 1. The first-order valence-corrected chi connectivity index (χ1v) is 7.91. The number of carbonyl (C=O) groups excluding carboxylic acids is 2. The molecule has 0 fully saturated rings. The minimum Gasteiger partial charge on any atom is -0.360 e. The topological polar surface area (TPSA) is 61.4 Å². The third-order valence-corrected chi connectivity index (χ3v) is 3.92. The Morgan fingerprint density at radius 3 is 2.64 bits per heavy atom. The van der Waals surface area contributed by atoms with Gasteiger partial charge < -0.3 is 10.2 Å². The van der Waals surface area contributed by atoms with Gasteiger partial charge in [0.2, 0.25) is 5.91 Å². The molecule has 0 spiro atoms. The number of para-hydroxylation sites is 1. The molecule has 3 amide bonds. The van der Waals surface area contributed by atoms with E-state index in [9.17, 15) is 18.4 Å². The van der Waals surface area contributed by atoms with Crippen molar-refractivity contribution in [1.82, 2.24) is 5.32 Å². The van der Waals surface area contributed by atoms with Crippen molar-refractivity contribution >= 4 is 23.3 Å². The van der Waals surface area contributed by atoms with Crippen LogP contribution in [0.15, 0.2) is 42.5 Å². The van der Waals surface area contributed by atoms with Crippen LogP contribution in [0.3, 0.4) is 0 Å². The van der Waals surface area contributed by atoms with E-state index in [0.29, 0.717) is 30.6 Å². The van der Waals surface area contributed by atoms with E-state index in [1.54, 1.807) is 30.3 Å². The Labute approximate surface area is 143 Å². The summed E-state index contributed by atoms with van der Waals surface area (Å²) in [6, 6.07) is 10.1. The Morgan fingerprint density at radius 2 is 1.88 bits per heavy atom. The van der Waals surface area contributed by atoms with Gasteiger partial charge in [0.15, 0.2) is 0 Å². The Hall–Kier alpha value is -2.96. The van der Waals surface area contributed by atoms with Crippen molar-refractivity contribution in [2.24, 2.45) is 0 Å². The molecule has 1 aliphatic rings. The van der Waals surface area contributed by atoms with Gasteiger partial charge in [0.1, 0.15) is 11.6 Å². The van der Waals surface area contributed by atoms with E-state index in [0.717, 1.165) is 6.07 Å². The van der Waals surface area contributed by atoms with Crippen molar-refractivity contribution in [2.75, 3.05) is 23.3 Å². The second-order valence-electron chi connectivity index (χ2n) is 5.79. The fourth-order valence-corrected chi connectivity index (χ4v) is 2.92. The molecule has 130 valence electrons. The quantitative estimate of drug-likeness (QED) is 0.899. The molecule has 0 saturated heterocycles. The largest absolute Gasteiger partial charge is 0.360 e. The van der Waals surface area contributed by atoms with E-state index in [4.69, 9.17) is 0 Å². The molecule has 25 heavy (non-hydrogen) atoms. The number of aryl methyl sites for hydroxylation is 1. The van der Waals surface area contributed by atoms with Crippen LogP contribution < -0.4 is 15.5 Å². The second-order valence-corrected chi connectivity index (χ2v) is 5.79. The van der Waals surface area contributed by atoms with Crippen LogP contribution in [0, 0.1) is 11.6 Å². The maximum Gasteiger partial charge on any atom is 0.325 e. The van der Waals surface area contributed by atoms with Gasteiger partial charge in [-0.1, -0.05) is 18.2 Å². The SMILES string of the molecule is O=C(CN1CCCc2cc(F)cc(F)c21)NC(=O)Nc1ccccc1. The van der Waals surface area contributed by atoms with Crippen LogP contribution in [0.2, 0.25) is 0 Å². The number of hydrogen-bond acceptors (Lipinski definition) is 3. The molecule has 0 aliphatic carbocycles. The molecule has 0 radical (unpaired) electrons. The molecule has 2 N–H and O–H groups in total. The van der Waals surface area contributed by atoms with Crippen LogP contribution >= 0.6 is 0 Å². The average Bonchev–Trinajstić information content (AvgIpc) is 2.55. The fourth-order valence-electron chi connectivity index (χ4n) is 2.92. The number of amides is 3. The maximum atomic E-state index is 14.1. The predicted molar refractivity (Wildman–Crippen MR) is 90.5 cm³/mol. The number of halogens is 2. The molecule has 3 rings (SSSR count). The number of carbonyl (C=O) groups is 2. The molecular weight excluding hydrogens is 328 g/mol. The number of nitrogens with one attached hydrogen (secondary N) is 2. The third-order valence-electron chi connectivity index (χ3n) is 3.92. The van der Waals surface area contributed by atoms with Gasteiger partial charge in [0.25, 0.3) is 0 Å². The van der Waals surface area contributed by atoms with Gasteiger partial charge in [-0.2, -0.15) is 0 Å². The Morgan fingerprint density at radius 1 is 1.12 bits per heavy atom. The van der Waals surface area contributed by atoms with E-state index >= 15 is 0 Å². The van der Waals surface area contributed by atoms with Crippen molar-refractivity contribution < 1.29 is 18.4 Å².